The summed E-state index contributed by atoms with van der Waals surface area (Å²) < 4.78 is 0.857. The number of hydrogen-bond acceptors (Lipinski definition) is 3. The Bertz CT molecular complexity index is 948. The smallest absolute Gasteiger partial charge is 0.256 e. The van der Waals surface area contributed by atoms with Crippen molar-refractivity contribution in [3.05, 3.63) is 58.1 Å². The molecule has 0 radical (unpaired) electrons. The summed E-state index contributed by atoms with van der Waals surface area (Å²) in [6.07, 6.45) is 5.57. The van der Waals surface area contributed by atoms with Gasteiger partial charge in [0.25, 0.3) is 11.8 Å². The van der Waals surface area contributed by atoms with Gasteiger partial charge in [0.1, 0.15) is 0 Å². The third-order valence-electron chi connectivity index (χ3n) is 6.34. The van der Waals surface area contributed by atoms with E-state index in [-0.39, 0.29) is 11.8 Å². The van der Waals surface area contributed by atoms with Crippen molar-refractivity contribution < 1.29 is 9.59 Å². The lowest BCUT2D eigenvalue weighted by atomic mass is 9.97. The molecule has 0 bridgehead atoms. The first-order valence-corrected chi connectivity index (χ1v) is 12.1. The second-order valence-corrected chi connectivity index (χ2v) is 9.63. The summed E-state index contributed by atoms with van der Waals surface area (Å²) in [7, 11) is 0. The molecule has 2 aliphatic rings. The molecule has 164 valence electrons. The van der Waals surface area contributed by atoms with E-state index >= 15 is 0 Å². The van der Waals surface area contributed by atoms with E-state index in [9.17, 15) is 9.59 Å². The summed E-state index contributed by atoms with van der Waals surface area (Å²) in [5.74, 6) is 0.616. The fourth-order valence-electron chi connectivity index (χ4n) is 4.41. The minimum Gasteiger partial charge on any atom is -0.371 e. The van der Waals surface area contributed by atoms with Gasteiger partial charge in [-0.2, -0.15) is 0 Å². The average molecular weight is 484 g/mol. The molecular formula is C25H30BrN3O2. The van der Waals surface area contributed by atoms with Crippen LogP contribution in [0.3, 0.4) is 0 Å². The number of carbonyl (C=O) groups is 2. The van der Waals surface area contributed by atoms with E-state index in [1.54, 1.807) is 12.1 Å². The number of nitrogens with zero attached hydrogens (tertiary/aromatic N) is 2. The molecule has 0 aromatic heterocycles. The summed E-state index contributed by atoms with van der Waals surface area (Å²) in [6.45, 7) is 5.84. The van der Waals surface area contributed by atoms with Crippen LogP contribution in [0.25, 0.3) is 0 Å². The maximum Gasteiger partial charge on any atom is 0.256 e. The minimum atomic E-state index is -0.183. The highest BCUT2D eigenvalue weighted by Gasteiger charge is 2.25. The van der Waals surface area contributed by atoms with E-state index in [4.69, 9.17) is 0 Å². The SMILES string of the molecule is CC1CCN(c2ccc(NC(=O)c3cccc(Br)c3)cc2C(=O)N2CCCCC2)CC1. The zero-order valence-electron chi connectivity index (χ0n) is 18.1. The highest BCUT2D eigenvalue weighted by atomic mass is 79.9. The Labute approximate surface area is 192 Å². The van der Waals surface area contributed by atoms with Gasteiger partial charge in [-0.25, -0.2) is 0 Å². The fraction of sp³-hybridized carbons (Fsp3) is 0.440. The topological polar surface area (TPSA) is 52.7 Å². The van der Waals surface area contributed by atoms with Gasteiger partial charge in [0.15, 0.2) is 0 Å². The maximum absolute atomic E-state index is 13.5. The van der Waals surface area contributed by atoms with Crippen LogP contribution in [0, 0.1) is 5.92 Å². The van der Waals surface area contributed by atoms with Crippen LogP contribution < -0.4 is 10.2 Å². The molecule has 1 N–H and O–H groups in total. The number of likely N-dealkylation sites (tertiary alicyclic amines) is 1. The number of rotatable bonds is 4. The zero-order chi connectivity index (χ0) is 21.8. The molecule has 0 atom stereocenters. The Balaban J connectivity index is 1.61. The molecule has 2 saturated heterocycles. The van der Waals surface area contributed by atoms with Crippen molar-refractivity contribution in [2.75, 3.05) is 36.4 Å². The number of benzene rings is 2. The van der Waals surface area contributed by atoms with Crippen molar-refractivity contribution in [2.24, 2.45) is 5.92 Å². The third kappa shape index (κ3) is 5.29. The van der Waals surface area contributed by atoms with E-state index in [0.717, 1.165) is 67.9 Å². The Kier molecular flexibility index (Phi) is 6.96. The molecule has 5 nitrogen and oxygen atoms in total. The number of piperidine rings is 2. The van der Waals surface area contributed by atoms with Crippen molar-refractivity contribution in [2.45, 2.75) is 39.0 Å². The molecule has 31 heavy (non-hydrogen) atoms. The lowest BCUT2D eigenvalue weighted by molar-refractivity contribution is 0.0724. The molecule has 2 fully saturated rings. The second kappa shape index (κ2) is 9.86. The highest BCUT2D eigenvalue weighted by Crippen LogP contribution is 2.30. The van der Waals surface area contributed by atoms with Crippen molar-refractivity contribution in [3.63, 3.8) is 0 Å². The van der Waals surface area contributed by atoms with Gasteiger partial charge in [0.2, 0.25) is 0 Å². The van der Waals surface area contributed by atoms with Crippen molar-refractivity contribution in [1.29, 1.82) is 0 Å². The average Bonchev–Trinajstić information content (AvgIpc) is 2.80. The van der Waals surface area contributed by atoms with E-state index in [1.165, 1.54) is 6.42 Å². The molecular weight excluding hydrogens is 454 g/mol. The van der Waals surface area contributed by atoms with Crippen molar-refractivity contribution in [1.82, 2.24) is 4.90 Å². The Morgan fingerprint density at radius 3 is 2.42 bits per heavy atom. The molecule has 2 aromatic carbocycles. The number of halogens is 1. The number of carbonyl (C=O) groups excluding carboxylic acids is 2. The Hall–Kier alpha value is -2.34. The quantitative estimate of drug-likeness (QED) is 0.618. The molecule has 0 spiro atoms. The van der Waals surface area contributed by atoms with E-state index in [1.807, 2.05) is 35.2 Å². The largest absolute Gasteiger partial charge is 0.371 e. The van der Waals surface area contributed by atoms with Crippen molar-refractivity contribution in [3.8, 4) is 0 Å². The number of anilines is 2. The molecule has 2 aromatic rings. The lowest BCUT2D eigenvalue weighted by Crippen LogP contribution is -2.38. The standard InChI is InChI=1S/C25H30BrN3O2/c1-18-10-14-28(15-11-18)23-9-8-21(27-24(30)19-6-5-7-20(26)16-19)17-22(23)25(31)29-12-3-2-4-13-29/h5-9,16-18H,2-4,10-15H2,1H3,(H,27,30). The minimum absolute atomic E-state index is 0.0758. The Morgan fingerprint density at radius 2 is 1.71 bits per heavy atom. The number of nitrogens with one attached hydrogen (secondary N) is 1. The number of hydrogen-bond donors (Lipinski definition) is 1. The predicted molar refractivity (Wildman–Crippen MR) is 129 cm³/mol. The van der Waals surface area contributed by atoms with Crippen LogP contribution >= 0.6 is 15.9 Å². The van der Waals surface area contributed by atoms with E-state index < -0.39 is 0 Å². The molecule has 0 unspecified atom stereocenters. The van der Waals surface area contributed by atoms with Crippen LogP contribution in [0.1, 0.15) is 59.7 Å². The van der Waals surface area contributed by atoms with Crippen LogP contribution in [0.15, 0.2) is 46.9 Å². The van der Waals surface area contributed by atoms with E-state index in [2.05, 4.69) is 33.1 Å². The summed E-state index contributed by atoms with van der Waals surface area (Å²) in [5, 5.41) is 2.97. The summed E-state index contributed by atoms with van der Waals surface area (Å²) in [6, 6.07) is 13.1. The molecule has 0 saturated carbocycles. The molecule has 2 aliphatic heterocycles. The number of amides is 2. The van der Waals surface area contributed by atoms with Gasteiger partial charge >= 0.3 is 0 Å². The first-order chi connectivity index (χ1) is 15.0. The lowest BCUT2D eigenvalue weighted by Gasteiger charge is -2.35. The Morgan fingerprint density at radius 1 is 0.968 bits per heavy atom. The van der Waals surface area contributed by atoms with Crippen LogP contribution in [0.4, 0.5) is 11.4 Å². The van der Waals surface area contributed by atoms with Crippen molar-refractivity contribution >= 4 is 39.1 Å². The van der Waals surface area contributed by atoms with Gasteiger partial charge < -0.3 is 15.1 Å². The summed E-state index contributed by atoms with van der Waals surface area (Å²) in [4.78, 5) is 30.5. The summed E-state index contributed by atoms with van der Waals surface area (Å²) >= 11 is 3.41. The maximum atomic E-state index is 13.5. The van der Waals surface area contributed by atoms with Gasteiger partial charge in [-0.15, -0.1) is 0 Å². The first-order valence-electron chi connectivity index (χ1n) is 11.3. The molecule has 4 rings (SSSR count). The molecule has 2 heterocycles. The van der Waals surface area contributed by atoms with Crippen LogP contribution in [0.5, 0.6) is 0 Å². The zero-order valence-corrected chi connectivity index (χ0v) is 19.7. The van der Waals surface area contributed by atoms with Gasteiger partial charge in [-0.3, -0.25) is 9.59 Å². The van der Waals surface area contributed by atoms with Crippen LogP contribution in [-0.4, -0.2) is 42.9 Å². The fourth-order valence-corrected chi connectivity index (χ4v) is 4.81. The molecule has 6 heteroatoms. The summed E-state index contributed by atoms with van der Waals surface area (Å²) in [5.41, 5.74) is 2.92. The van der Waals surface area contributed by atoms with Gasteiger partial charge in [-0.05, 0) is 74.4 Å². The second-order valence-electron chi connectivity index (χ2n) is 8.72. The third-order valence-corrected chi connectivity index (χ3v) is 6.83. The highest BCUT2D eigenvalue weighted by molar-refractivity contribution is 9.10. The first kappa shape index (κ1) is 21.9. The monoisotopic (exact) mass is 483 g/mol. The molecule has 2 amide bonds. The van der Waals surface area contributed by atoms with E-state index in [0.29, 0.717) is 16.8 Å². The van der Waals surface area contributed by atoms with Crippen LogP contribution in [-0.2, 0) is 0 Å². The van der Waals surface area contributed by atoms with Gasteiger partial charge in [-0.1, -0.05) is 28.9 Å². The molecule has 0 aliphatic carbocycles. The normalized spacial score (nSPS) is 17.5. The van der Waals surface area contributed by atoms with Gasteiger partial charge in [0, 0.05) is 47.6 Å². The van der Waals surface area contributed by atoms with Crippen LogP contribution in [0.2, 0.25) is 0 Å². The van der Waals surface area contributed by atoms with Gasteiger partial charge in [0.05, 0.1) is 5.56 Å². The predicted octanol–water partition coefficient (Wildman–Crippen LogP) is 5.56.